The maximum atomic E-state index is 10.5. The molecule has 0 aromatic rings. The average Bonchev–Trinajstić information content (AvgIpc) is 2.45. The van der Waals surface area contributed by atoms with Crippen molar-refractivity contribution in [2.45, 2.75) is 110 Å². The summed E-state index contributed by atoms with van der Waals surface area (Å²) < 4.78 is 29.7. The van der Waals surface area contributed by atoms with Gasteiger partial charge in [-0.25, -0.2) is 0 Å². The molecule has 0 spiro atoms. The molecule has 23 heavy (non-hydrogen) atoms. The van der Waals surface area contributed by atoms with Crippen LogP contribution in [0.5, 0.6) is 0 Å². The van der Waals surface area contributed by atoms with Gasteiger partial charge in [0.1, 0.15) is 0 Å². The van der Waals surface area contributed by atoms with E-state index in [-0.39, 0.29) is 54.6 Å². The van der Waals surface area contributed by atoms with Gasteiger partial charge in [-0.05, 0) is 6.42 Å². The first-order chi connectivity index (χ1) is 10.6. The second-order valence-corrected chi connectivity index (χ2v) is 8.16. The van der Waals surface area contributed by atoms with Crippen LogP contribution in [0.2, 0.25) is 0 Å². The molecule has 0 saturated carbocycles. The van der Waals surface area contributed by atoms with Crippen LogP contribution in [0, 0.1) is 0 Å². The zero-order valence-corrected chi connectivity index (χ0v) is 15.5. The Morgan fingerprint density at radius 1 is 0.565 bits per heavy atom. The summed E-state index contributed by atoms with van der Waals surface area (Å²) in [6.45, 7) is 2.26. The van der Waals surface area contributed by atoms with E-state index in [1.54, 1.807) is 0 Å². The Kier molecular flexibility index (Phi) is 23.0. The summed E-state index contributed by atoms with van der Waals surface area (Å²) in [5.41, 5.74) is 0. The van der Waals surface area contributed by atoms with Gasteiger partial charge in [-0.15, -0.1) is 0 Å². The van der Waals surface area contributed by atoms with E-state index in [9.17, 15) is 8.42 Å². The van der Waals surface area contributed by atoms with Gasteiger partial charge in [0.25, 0.3) is 10.1 Å². The topological polar surface area (TPSA) is 54.4 Å². The van der Waals surface area contributed by atoms with Crippen LogP contribution < -0.4 is 0 Å². The van der Waals surface area contributed by atoms with Gasteiger partial charge < -0.3 is 0 Å². The molecule has 0 aliphatic heterocycles. The summed E-state index contributed by atoms with van der Waals surface area (Å²) in [6, 6.07) is 0. The van der Waals surface area contributed by atoms with E-state index in [0.717, 1.165) is 12.8 Å². The van der Waals surface area contributed by atoms with Crippen LogP contribution >= 0.6 is 0 Å². The van der Waals surface area contributed by atoms with E-state index in [1.165, 1.54) is 83.5 Å². The molecular formula is C18H40BaO3S. The quantitative estimate of drug-likeness (QED) is 0.179. The van der Waals surface area contributed by atoms with Crippen molar-refractivity contribution in [1.29, 1.82) is 0 Å². The Labute approximate surface area is 185 Å². The van der Waals surface area contributed by atoms with Crippen molar-refractivity contribution < 1.29 is 13.0 Å². The first-order valence-electron chi connectivity index (χ1n) is 9.51. The molecule has 138 valence electrons. The Morgan fingerprint density at radius 3 is 1.09 bits per heavy atom. The van der Waals surface area contributed by atoms with E-state index in [0.29, 0.717) is 6.42 Å². The third-order valence-electron chi connectivity index (χ3n) is 4.26. The van der Waals surface area contributed by atoms with Crippen LogP contribution in [0.1, 0.15) is 110 Å². The SMILES string of the molecule is CCCCCCCCCCCCCCCCCCS(=O)(=O)O.[BaH2]. The summed E-state index contributed by atoms with van der Waals surface area (Å²) in [5.74, 6) is -0.0779. The average molecular weight is 474 g/mol. The van der Waals surface area contributed by atoms with E-state index in [2.05, 4.69) is 6.92 Å². The normalized spacial score (nSPS) is 11.4. The molecule has 0 rings (SSSR count). The standard InChI is InChI=1S/C18H38O3S.Ba.2H/c1-2-3-4-5-6-7-8-9-10-11-12-13-14-15-16-17-18-22(19,20)21;;;/h2-18H2,1H3,(H,19,20,21);;;. The minimum atomic E-state index is -3.74. The second-order valence-electron chi connectivity index (χ2n) is 6.59. The first-order valence-corrected chi connectivity index (χ1v) is 11.1. The molecule has 0 aliphatic rings. The monoisotopic (exact) mass is 474 g/mol. The fourth-order valence-electron chi connectivity index (χ4n) is 2.83. The zero-order valence-electron chi connectivity index (χ0n) is 14.7. The molecule has 0 heterocycles. The maximum absolute atomic E-state index is 10.5. The summed E-state index contributed by atoms with van der Waals surface area (Å²) in [7, 11) is -3.74. The van der Waals surface area contributed by atoms with E-state index in [1.807, 2.05) is 0 Å². The van der Waals surface area contributed by atoms with Gasteiger partial charge in [0.05, 0.1) is 5.75 Å². The summed E-state index contributed by atoms with van der Waals surface area (Å²) in [4.78, 5) is 0. The molecule has 0 amide bonds. The van der Waals surface area contributed by atoms with Gasteiger partial charge in [-0.2, -0.15) is 8.42 Å². The van der Waals surface area contributed by atoms with E-state index in [4.69, 9.17) is 4.55 Å². The van der Waals surface area contributed by atoms with Crippen molar-refractivity contribution in [2.24, 2.45) is 0 Å². The van der Waals surface area contributed by atoms with Crippen LogP contribution in [0.4, 0.5) is 0 Å². The molecule has 1 N–H and O–H groups in total. The Balaban J connectivity index is 0. The predicted molar refractivity (Wildman–Crippen MR) is 105 cm³/mol. The molecule has 0 saturated heterocycles. The van der Waals surface area contributed by atoms with Crippen LogP contribution in [0.15, 0.2) is 0 Å². The molecule has 0 unspecified atom stereocenters. The fraction of sp³-hybridized carbons (Fsp3) is 1.00. The summed E-state index contributed by atoms with van der Waals surface area (Å²) >= 11 is 0. The second kappa shape index (κ2) is 19.8. The Hall–Kier alpha value is 1.48. The van der Waals surface area contributed by atoms with Crippen LogP contribution in [0.25, 0.3) is 0 Å². The molecule has 0 aromatic heterocycles. The molecule has 0 aromatic carbocycles. The van der Waals surface area contributed by atoms with Gasteiger partial charge in [0.15, 0.2) is 0 Å². The molecule has 0 bridgehead atoms. The summed E-state index contributed by atoms with van der Waals surface area (Å²) in [6.07, 6.45) is 20.3. The third kappa shape index (κ3) is 25.8. The zero-order chi connectivity index (χ0) is 16.5. The van der Waals surface area contributed by atoms with Gasteiger partial charge in [0.2, 0.25) is 0 Å². The number of hydrogen-bond donors (Lipinski definition) is 1. The number of unbranched alkanes of at least 4 members (excludes halogenated alkanes) is 15. The molecule has 0 aliphatic carbocycles. The van der Waals surface area contributed by atoms with E-state index >= 15 is 0 Å². The van der Waals surface area contributed by atoms with Gasteiger partial charge in [-0.3, -0.25) is 4.55 Å². The van der Waals surface area contributed by atoms with Crippen molar-refractivity contribution >= 4 is 59.0 Å². The number of hydrogen-bond acceptors (Lipinski definition) is 2. The van der Waals surface area contributed by atoms with Crippen LogP contribution in [-0.4, -0.2) is 67.6 Å². The number of rotatable bonds is 17. The molecule has 0 atom stereocenters. The van der Waals surface area contributed by atoms with Crippen molar-refractivity contribution in [2.75, 3.05) is 5.75 Å². The van der Waals surface area contributed by atoms with Gasteiger partial charge in [0, 0.05) is 0 Å². The molecule has 5 heteroatoms. The first kappa shape index (κ1) is 26.7. The van der Waals surface area contributed by atoms with Crippen molar-refractivity contribution in [1.82, 2.24) is 0 Å². The van der Waals surface area contributed by atoms with Crippen molar-refractivity contribution in [3.05, 3.63) is 0 Å². The Morgan fingerprint density at radius 2 is 0.826 bits per heavy atom. The van der Waals surface area contributed by atoms with Gasteiger partial charge >= 0.3 is 48.9 Å². The molecular weight excluding hydrogens is 434 g/mol. The third-order valence-corrected chi connectivity index (χ3v) is 5.06. The van der Waals surface area contributed by atoms with Crippen LogP contribution in [-0.2, 0) is 10.1 Å². The minimum absolute atomic E-state index is 0. The van der Waals surface area contributed by atoms with Crippen molar-refractivity contribution in [3.63, 3.8) is 0 Å². The predicted octanol–water partition coefficient (Wildman–Crippen LogP) is 5.22. The van der Waals surface area contributed by atoms with Crippen molar-refractivity contribution in [3.8, 4) is 0 Å². The molecule has 0 radical (unpaired) electrons. The van der Waals surface area contributed by atoms with Crippen LogP contribution in [0.3, 0.4) is 0 Å². The summed E-state index contributed by atoms with van der Waals surface area (Å²) in [5, 5.41) is 0. The van der Waals surface area contributed by atoms with E-state index < -0.39 is 10.1 Å². The van der Waals surface area contributed by atoms with Gasteiger partial charge in [-0.1, -0.05) is 103 Å². The molecule has 3 nitrogen and oxygen atoms in total. The Bertz CT molecular complexity index is 318. The fourth-order valence-corrected chi connectivity index (χ4v) is 3.40. The molecule has 0 fully saturated rings.